The SMILES string of the molecule is COC(=O)[C@@H](c1ccccc1)N(C)C(=O)C1CCN(C(O)CCc2ccc3c(n2)N(C(=O)OC(C)(C)C)CCC3)C1. The smallest absolute Gasteiger partial charge is 0.416 e. The Balaban J connectivity index is 1.36. The van der Waals surface area contributed by atoms with Crippen molar-refractivity contribution in [1.29, 1.82) is 0 Å². The number of fused-ring (bicyclic) bond motifs is 1. The van der Waals surface area contributed by atoms with Crippen LogP contribution < -0.4 is 4.90 Å². The Bertz CT molecular complexity index is 1230. The molecule has 41 heavy (non-hydrogen) atoms. The van der Waals surface area contributed by atoms with Crippen molar-refractivity contribution in [2.45, 2.75) is 70.7 Å². The number of amides is 2. The Morgan fingerprint density at radius 1 is 1.12 bits per heavy atom. The summed E-state index contributed by atoms with van der Waals surface area (Å²) in [5, 5.41) is 11.0. The van der Waals surface area contributed by atoms with Crippen LogP contribution >= 0.6 is 0 Å². The third-order valence-corrected chi connectivity index (χ3v) is 7.63. The number of ether oxygens (including phenoxy) is 2. The molecule has 2 unspecified atom stereocenters. The van der Waals surface area contributed by atoms with Gasteiger partial charge >= 0.3 is 12.1 Å². The maximum atomic E-state index is 13.4. The number of pyridine rings is 1. The molecule has 1 N–H and O–H groups in total. The number of aromatic nitrogens is 1. The van der Waals surface area contributed by atoms with Gasteiger partial charge in [0.05, 0.1) is 13.0 Å². The summed E-state index contributed by atoms with van der Waals surface area (Å²) in [7, 11) is 2.94. The molecule has 2 aliphatic heterocycles. The van der Waals surface area contributed by atoms with Gasteiger partial charge in [-0.1, -0.05) is 36.4 Å². The molecule has 0 spiro atoms. The van der Waals surface area contributed by atoms with Crippen molar-refractivity contribution in [2.75, 3.05) is 38.7 Å². The van der Waals surface area contributed by atoms with Crippen LogP contribution in [-0.2, 0) is 31.9 Å². The molecule has 10 heteroatoms. The zero-order chi connectivity index (χ0) is 29.7. The summed E-state index contributed by atoms with van der Waals surface area (Å²) < 4.78 is 10.6. The lowest BCUT2D eigenvalue weighted by molar-refractivity contribution is -0.153. The Morgan fingerprint density at radius 3 is 2.54 bits per heavy atom. The Morgan fingerprint density at radius 2 is 1.85 bits per heavy atom. The number of benzene rings is 1. The predicted molar refractivity (Wildman–Crippen MR) is 154 cm³/mol. The summed E-state index contributed by atoms with van der Waals surface area (Å²) in [6, 6.07) is 12.2. The molecule has 3 heterocycles. The van der Waals surface area contributed by atoms with Crippen LogP contribution in [0.5, 0.6) is 0 Å². The number of carbonyl (C=O) groups excluding carboxylic acids is 3. The van der Waals surface area contributed by atoms with Crippen molar-refractivity contribution in [3.8, 4) is 0 Å². The van der Waals surface area contributed by atoms with Gasteiger partial charge < -0.3 is 19.5 Å². The molecule has 3 atom stereocenters. The van der Waals surface area contributed by atoms with Crippen molar-refractivity contribution in [3.63, 3.8) is 0 Å². The van der Waals surface area contributed by atoms with Gasteiger partial charge in [-0.15, -0.1) is 0 Å². The number of likely N-dealkylation sites (N-methyl/N-ethyl adjacent to an activating group) is 1. The van der Waals surface area contributed by atoms with Gasteiger partial charge in [0.25, 0.3) is 0 Å². The molecule has 2 aromatic rings. The lowest BCUT2D eigenvalue weighted by Gasteiger charge is -2.31. The number of rotatable bonds is 8. The highest BCUT2D eigenvalue weighted by Gasteiger charge is 2.37. The first-order valence-electron chi connectivity index (χ1n) is 14.3. The van der Waals surface area contributed by atoms with Crippen molar-refractivity contribution >= 4 is 23.8 Å². The van der Waals surface area contributed by atoms with E-state index in [9.17, 15) is 19.5 Å². The predicted octanol–water partition coefficient (Wildman–Crippen LogP) is 3.71. The van der Waals surface area contributed by atoms with Gasteiger partial charge in [0.15, 0.2) is 6.04 Å². The van der Waals surface area contributed by atoms with E-state index in [1.807, 2.05) is 56.0 Å². The number of esters is 1. The van der Waals surface area contributed by atoms with E-state index in [2.05, 4.69) is 0 Å². The van der Waals surface area contributed by atoms with Crippen molar-refractivity contribution in [2.24, 2.45) is 5.92 Å². The summed E-state index contributed by atoms with van der Waals surface area (Å²) in [5.41, 5.74) is 1.89. The third kappa shape index (κ3) is 7.42. The molecule has 222 valence electrons. The molecular weight excluding hydrogens is 524 g/mol. The summed E-state index contributed by atoms with van der Waals surface area (Å²) in [4.78, 5) is 48.5. The largest absolute Gasteiger partial charge is 0.467 e. The van der Waals surface area contributed by atoms with Crippen LogP contribution in [0.1, 0.15) is 62.9 Å². The van der Waals surface area contributed by atoms with Gasteiger partial charge in [0.2, 0.25) is 5.91 Å². The van der Waals surface area contributed by atoms with Crippen molar-refractivity contribution in [3.05, 3.63) is 59.3 Å². The minimum absolute atomic E-state index is 0.155. The average molecular weight is 567 g/mol. The van der Waals surface area contributed by atoms with Crippen LogP contribution in [0.25, 0.3) is 0 Å². The number of hydrogen-bond acceptors (Lipinski definition) is 8. The number of carbonyl (C=O) groups is 3. The number of nitrogens with zero attached hydrogens (tertiary/aromatic N) is 4. The summed E-state index contributed by atoms with van der Waals surface area (Å²) >= 11 is 0. The van der Waals surface area contributed by atoms with Crippen LogP contribution in [0.15, 0.2) is 42.5 Å². The maximum Gasteiger partial charge on any atom is 0.416 e. The number of likely N-dealkylation sites (tertiary alicyclic amines) is 1. The first kappa shape index (κ1) is 30.5. The van der Waals surface area contributed by atoms with E-state index in [1.54, 1.807) is 24.1 Å². The minimum Gasteiger partial charge on any atom is -0.467 e. The van der Waals surface area contributed by atoms with Crippen LogP contribution in [0.2, 0.25) is 0 Å². The topological polar surface area (TPSA) is 113 Å². The normalized spacial score (nSPS) is 18.8. The summed E-state index contributed by atoms with van der Waals surface area (Å²) in [6.07, 6.45) is 2.09. The van der Waals surface area contributed by atoms with Gasteiger partial charge in [-0.2, -0.15) is 0 Å². The van der Waals surface area contributed by atoms with E-state index in [4.69, 9.17) is 14.5 Å². The second-order valence-corrected chi connectivity index (χ2v) is 11.8. The highest BCUT2D eigenvalue weighted by molar-refractivity contribution is 5.88. The highest BCUT2D eigenvalue weighted by Crippen LogP contribution is 2.29. The van der Waals surface area contributed by atoms with Crippen LogP contribution in [0, 0.1) is 5.92 Å². The second-order valence-electron chi connectivity index (χ2n) is 11.8. The number of anilines is 1. The lowest BCUT2D eigenvalue weighted by atomic mass is 10.0. The molecule has 1 aromatic heterocycles. The zero-order valence-electron chi connectivity index (χ0n) is 24.7. The fraction of sp³-hybridized carbons (Fsp3) is 0.548. The molecule has 0 bridgehead atoms. The van der Waals surface area contributed by atoms with E-state index >= 15 is 0 Å². The van der Waals surface area contributed by atoms with Gasteiger partial charge in [0.1, 0.15) is 17.6 Å². The van der Waals surface area contributed by atoms with Crippen LogP contribution in [0.4, 0.5) is 10.6 Å². The molecule has 1 fully saturated rings. The minimum atomic E-state index is -0.831. The van der Waals surface area contributed by atoms with Gasteiger partial charge in [-0.05, 0) is 70.1 Å². The highest BCUT2D eigenvalue weighted by atomic mass is 16.6. The first-order chi connectivity index (χ1) is 19.5. The number of hydrogen-bond donors (Lipinski definition) is 1. The van der Waals surface area contributed by atoms with Gasteiger partial charge in [0, 0.05) is 32.4 Å². The van der Waals surface area contributed by atoms with E-state index in [1.165, 1.54) is 12.0 Å². The first-order valence-corrected chi connectivity index (χ1v) is 14.3. The van der Waals surface area contributed by atoms with E-state index in [0.717, 1.165) is 24.1 Å². The quantitative estimate of drug-likeness (QED) is 0.482. The zero-order valence-corrected chi connectivity index (χ0v) is 24.7. The lowest BCUT2D eigenvalue weighted by Crippen LogP contribution is -2.41. The molecule has 0 radical (unpaired) electrons. The second kappa shape index (κ2) is 13.0. The molecule has 1 aromatic carbocycles. The van der Waals surface area contributed by atoms with Crippen LogP contribution in [-0.4, -0.2) is 83.5 Å². The number of aliphatic hydroxyl groups excluding tert-OH is 1. The fourth-order valence-corrected chi connectivity index (χ4v) is 5.51. The molecule has 0 aliphatic carbocycles. The van der Waals surface area contributed by atoms with E-state index in [0.29, 0.717) is 50.3 Å². The Kier molecular flexibility index (Phi) is 9.65. The van der Waals surface area contributed by atoms with E-state index in [-0.39, 0.29) is 11.8 Å². The fourth-order valence-electron chi connectivity index (χ4n) is 5.51. The molecule has 2 amide bonds. The number of aryl methyl sites for hydroxylation is 2. The van der Waals surface area contributed by atoms with Crippen molar-refractivity contribution < 1.29 is 29.0 Å². The van der Waals surface area contributed by atoms with E-state index < -0.39 is 29.9 Å². The number of aliphatic hydroxyl groups is 1. The molecular formula is C31H42N4O6. The average Bonchev–Trinajstić information content (AvgIpc) is 3.45. The molecule has 4 rings (SSSR count). The summed E-state index contributed by atoms with van der Waals surface area (Å²) in [6.45, 7) is 7.06. The summed E-state index contributed by atoms with van der Waals surface area (Å²) in [5.74, 6) is -0.358. The Hall–Kier alpha value is -3.50. The van der Waals surface area contributed by atoms with Crippen molar-refractivity contribution in [1.82, 2.24) is 14.8 Å². The third-order valence-electron chi connectivity index (χ3n) is 7.63. The monoisotopic (exact) mass is 566 g/mol. The van der Waals surface area contributed by atoms with Gasteiger partial charge in [-0.25, -0.2) is 14.6 Å². The maximum absolute atomic E-state index is 13.4. The molecule has 2 aliphatic rings. The Labute approximate surface area is 242 Å². The molecule has 10 nitrogen and oxygen atoms in total. The van der Waals surface area contributed by atoms with Gasteiger partial charge in [-0.3, -0.25) is 14.6 Å². The molecule has 0 saturated carbocycles. The van der Waals surface area contributed by atoms with Crippen LogP contribution in [0.3, 0.4) is 0 Å². The standard InChI is InChI=1S/C31H42N4O6/c1-31(2,3)41-30(39)35-18-9-12-22-13-14-24(32-27(22)35)15-16-25(36)34-19-17-23(20-34)28(37)33(4)26(29(38)40-5)21-10-7-6-8-11-21/h6-8,10-11,13-14,23,25-26,36H,9,12,15-20H2,1-5H3/t23?,25?,26-/m1/s1. The number of methoxy groups -OCH3 is 1. The molecule has 1 saturated heterocycles.